The lowest BCUT2D eigenvalue weighted by atomic mass is 9.98. The standard InChI is InChI=1S/C12H18N2O2/c1-8-6-14(5-4-12(8)15)7-11-9(2)13-16-10(11)3/h8H,4-7H2,1-3H3. The van der Waals surface area contributed by atoms with Crippen molar-refractivity contribution in [2.24, 2.45) is 5.92 Å². The Morgan fingerprint density at radius 1 is 1.50 bits per heavy atom. The predicted molar refractivity (Wildman–Crippen MR) is 60.0 cm³/mol. The average Bonchev–Trinajstić information content (AvgIpc) is 2.55. The molecule has 1 atom stereocenters. The van der Waals surface area contributed by atoms with Crippen molar-refractivity contribution in [3.05, 3.63) is 17.0 Å². The quantitative estimate of drug-likeness (QED) is 0.764. The molecule has 1 aliphatic heterocycles. The summed E-state index contributed by atoms with van der Waals surface area (Å²) in [7, 11) is 0. The maximum Gasteiger partial charge on any atom is 0.138 e. The number of likely N-dealkylation sites (tertiary alicyclic amines) is 1. The lowest BCUT2D eigenvalue weighted by Crippen LogP contribution is -2.39. The number of Topliss-reactive ketones (excluding diaryl/α,β-unsaturated/α-hetero) is 1. The van der Waals surface area contributed by atoms with Crippen LogP contribution >= 0.6 is 0 Å². The monoisotopic (exact) mass is 222 g/mol. The van der Waals surface area contributed by atoms with Crippen molar-refractivity contribution in [1.82, 2.24) is 10.1 Å². The van der Waals surface area contributed by atoms with Gasteiger partial charge in [-0.25, -0.2) is 0 Å². The average molecular weight is 222 g/mol. The van der Waals surface area contributed by atoms with Crippen LogP contribution in [0.5, 0.6) is 0 Å². The van der Waals surface area contributed by atoms with Crippen molar-refractivity contribution < 1.29 is 9.32 Å². The van der Waals surface area contributed by atoms with Gasteiger partial charge in [0.05, 0.1) is 5.69 Å². The highest BCUT2D eigenvalue weighted by Gasteiger charge is 2.24. The summed E-state index contributed by atoms with van der Waals surface area (Å²) >= 11 is 0. The predicted octanol–water partition coefficient (Wildman–Crippen LogP) is 1.70. The fourth-order valence-corrected chi connectivity index (χ4v) is 2.19. The summed E-state index contributed by atoms with van der Waals surface area (Å²) in [5, 5.41) is 3.95. The molecule has 1 aliphatic rings. The second-order valence-corrected chi connectivity index (χ2v) is 4.66. The van der Waals surface area contributed by atoms with Gasteiger partial charge in [-0.05, 0) is 13.8 Å². The van der Waals surface area contributed by atoms with E-state index in [1.165, 1.54) is 5.56 Å². The third kappa shape index (κ3) is 2.16. The largest absolute Gasteiger partial charge is 0.361 e. The molecule has 88 valence electrons. The van der Waals surface area contributed by atoms with E-state index in [0.29, 0.717) is 12.2 Å². The van der Waals surface area contributed by atoms with E-state index in [1.54, 1.807) is 0 Å². The fraction of sp³-hybridized carbons (Fsp3) is 0.667. The van der Waals surface area contributed by atoms with E-state index in [1.807, 2.05) is 20.8 Å². The number of hydrogen-bond donors (Lipinski definition) is 0. The molecule has 0 amide bonds. The first-order valence-corrected chi connectivity index (χ1v) is 5.74. The SMILES string of the molecule is Cc1noc(C)c1CN1CCC(=O)C(C)C1. The molecule has 1 fully saturated rings. The third-order valence-corrected chi connectivity index (χ3v) is 3.32. The summed E-state index contributed by atoms with van der Waals surface area (Å²) in [6, 6.07) is 0. The minimum atomic E-state index is 0.161. The van der Waals surface area contributed by atoms with Crippen LogP contribution in [-0.4, -0.2) is 28.9 Å². The number of piperidine rings is 1. The Kier molecular flexibility index (Phi) is 3.10. The van der Waals surface area contributed by atoms with Gasteiger partial charge < -0.3 is 4.52 Å². The minimum absolute atomic E-state index is 0.161. The molecule has 1 saturated heterocycles. The van der Waals surface area contributed by atoms with Gasteiger partial charge in [-0.3, -0.25) is 9.69 Å². The summed E-state index contributed by atoms with van der Waals surface area (Å²) in [4.78, 5) is 13.7. The molecule has 4 heteroatoms. The van der Waals surface area contributed by atoms with Gasteiger partial charge in [0.25, 0.3) is 0 Å². The first-order chi connectivity index (χ1) is 7.58. The van der Waals surface area contributed by atoms with E-state index in [9.17, 15) is 4.79 Å². The van der Waals surface area contributed by atoms with Gasteiger partial charge >= 0.3 is 0 Å². The van der Waals surface area contributed by atoms with Crippen LogP contribution in [0.4, 0.5) is 0 Å². The number of aryl methyl sites for hydroxylation is 2. The van der Waals surface area contributed by atoms with Crippen LogP contribution in [0, 0.1) is 19.8 Å². The van der Waals surface area contributed by atoms with Crippen LogP contribution in [0.3, 0.4) is 0 Å². The topological polar surface area (TPSA) is 46.3 Å². The van der Waals surface area contributed by atoms with Crippen molar-refractivity contribution in [1.29, 1.82) is 0 Å². The van der Waals surface area contributed by atoms with Gasteiger partial charge in [0, 0.05) is 37.5 Å². The first-order valence-electron chi connectivity index (χ1n) is 5.74. The Balaban J connectivity index is 2.03. The second kappa shape index (κ2) is 4.37. The molecule has 0 N–H and O–H groups in total. The molecule has 1 unspecified atom stereocenters. The van der Waals surface area contributed by atoms with Crippen molar-refractivity contribution in [2.45, 2.75) is 33.7 Å². The first kappa shape index (κ1) is 11.3. The molecule has 2 heterocycles. The Morgan fingerprint density at radius 2 is 2.25 bits per heavy atom. The van der Waals surface area contributed by atoms with E-state index in [-0.39, 0.29) is 5.92 Å². The van der Waals surface area contributed by atoms with Gasteiger partial charge in [-0.15, -0.1) is 0 Å². The van der Waals surface area contributed by atoms with Gasteiger partial charge in [0.2, 0.25) is 0 Å². The molecular formula is C12H18N2O2. The number of carbonyl (C=O) groups is 1. The lowest BCUT2D eigenvalue weighted by molar-refractivity contribution is -0.125. The lowest BCUT2D eigenvalue weighted by Gasteiger charge is -2.29. The van der Waals surface area contributed by atoms with Gasteiger partial charge in [0.1, 0.15) is 11.5 Å². The molecule has 0 spiro atoms. The zero-order chi connectivity index (χ0) is 11.7. The smallest absolute Gasteiger partial charge is 0.138 e. The molecule has 0 radical (unpaired) electrons. The zero-order valence-corrected chi connectivity index (χ0v) is 10.1. The van der Waals surface area contributed by atoms with Crippen molar-refractivity contribution in [3.8, 4) is 0 Å². The van der Waals surface area contributed by atoms with Crippen molar-refractivity contribution in [2.75, 3.05) is 13.1 Å². The number of nitrogens with zero attached hydrogens (tertiary/aromatic N) is 2. The summed E-state index contributed by atoms with van der Waals surface area (Å²) in [6.07, 6.45) is 0.671. The fourth-order valence-electron chi connectivity index (χ4n) is 2.19. The van der Waals surface area contributed by atoms with Gasteiger partial charge in [-0.1, -0.05) is 12.1 Å². The molecule has 1 aromatic heterocycles. The summed E-state index contributed by atoms with van der Waals surface area (Å²) in [5.74, 6) is 1.44. The van der Waals surface area contributed by atoms with E-state index in [2.05, 4.69) is 10.1 Å². The number of rotatable bonds is 2. The molecule has 2 rings (SSSR count). The number of aromatic nitrogens is 1. The maximum atomic E-state index is 11.4. The highest BCUT2D eigenvalue weighted by molar-refractivity contribution is 5.81. The number of carbonyl (C=O) groups excluding carboxylic acids is 1. The van der Waals surface area contributed by atoms with E-state index in [4.69, 9.17) is 4.52 Å². The zero-order valence-electron chi connectivity index (χ0n) is 10.1. The summed E-state index contributed by atoms with van der Waals surface area (Å²) < 4.78 is 5.14. The molecule has 16 heavy (non-hydrogen) atoms. The van der Waals surface area contributed by atoms with E-state index in [0.717, 1.165) is 31.1 Å². The molecular weight excluding hydrogens is 204 g/mol. The van der Waals surface area contributed by atoms with Crippen LogP contribution in [-0.2, 0) is 11.3 Å². The molecule has 0 aliphatic carbocycles. The Bertz CT molecular complexity index is 378. The molecule has 0 bridgehead atoms. The van der Waals surface area contributed by atoms with E-state index < -0.39 is 0 Å². The third-order valence-electron chi connectivity index (χ3n) is 3.32. The normalized spacial score (nSPS) is 22.7. The van der Waals surface area contributed by atoms with Crippen molar-refractivity contribution in [3.63, 3.8) is 0 Å². The van der Waals surface area contributed by atoms with Crippen molar-refractivity contribution >= 4 is 5.78 Å². The molecule has 0 saturated carbocycles. The van der Waals surface area contributed by atoms with Crippen LogP contribution in [0.2, 0.25) is 0 Å². The number of hydrogen-bond acceptors (Lipinski definition) is 4. The van der Waals surface area contributed by atoms with Crippen LogP contribution in [0.1, 0.15) is 30.4 Å². The maximum absolute atomic E-state index is 11.4. The Hall–Kier alpha value is -1.16. The van der Waals surface area contributed by atoms with Gasteiger partial charge in [-0.2, -0.15) is 0 Å². The minimum Gasteiger partial charge on any atom is -0.361 e. The number of ketones is 1. The van der Waals surface area contributed by atoms with Crippen LogP contribution in [0.15, 0.2) is 4.52 Å². The second-order valence-electron chi connectivity index (χ2n) is 4.66. The highest BCUT2D eigenvalue weighted by atomic mass is 16.5. The molecule has 0 aromatic carbocycles. The summed E-state index contributed by atoms with van der Waals surface area (Å²) in [6.45, 7) is 8.45. The molecule has 4 nitrogen and oxygen atoms in total. The summed E-state index contributed by atoms with van der Waals surface area (Å²) in [5.41, 5.74) is 2.13. The highest BCUT2D eigenvalue weighted by Crippen LogP contribution is 2.19. The van der Waals surface area contributed by atoms with Crippen LogP contribution in [0.25, 0.3) is 0 Å². The Labute approximate surface area is 95.6 Å². The van der Waals surface area contributed by atoms with Crippen LogP contribution < -0.4 is 0 Å². The Morgan fingerprint density at radius 3 is 2.81 bits per heavy atom. The molecule has 1 aromatic rings. The van der Waals surface area contributed by atoms with Gasteiger partial charge in [0.15, 0.2) is 0 Å². The van der Waals surface area contributed by atoms with E-state index >= 15 is 0 Å².